The van der Waals surface area contributed by atoms with Crippen LogP contribution < -0.4 is 4.74 Å². The molecule has 1 aromatic heterocycles. The SMILES string of the molecule is COc1ccccc1-c1ncoc1CCC(=O)O. The minimum atomic E-state index is -0.864. The first-order valence-electron chi connectivity index (χ1n) is 5.50. The highest BCUT2D eigenvalue weighted by molar-refractivity contribution is 5.70. The van der Waals surface area contributed by atoms with Gasteiger partial charge in [-0.3, -0.25) is 4.79 Å². The van der Waals surface area contributed by atoms with Gasteiger partial charge in [0.05, 0.1) is 13.5 Å². The Morgan fingerprint density at radius 1 is 1.44 bits per heavy atom. The molecule has 0 radical (unpaired) electrons. The number of para-hydroxylation sites is 1. The number of nitrogens with zero attached hydrogens (tertiary/aromatic N) is 1. The highest BCUT2D eigenvalue weighted by Gasteiger charge is 2.15. The van der Waals surface area contributed by atoms with E-state index in [4.69, 9.17) is 14.3 Å². The van der Waals surface area contributed by atoms with Crippen LogP contribution in [0.25, 0.3) is 11.3 Å². The van der Waals surface area contributed by atoms with Gasteiger partial charge in [-0.15, -0.1) is 0 Å². The van der Waals surface area contributed by atoms with Crippen molar-refractivity contribution in [3.63, 3.8) is 0 Å². The molecule has 0 unspecified atom stereocenters. The van der Waals surface area contributed by atoms with Crippen molar-refractivity contribution in [2.45, 2.75) is 12.8 Å². The number of ether oxygens (including phenoxy) is 1. The molecule has 0 bridgehead atoms. The number of hydrogen-bond donors (Lipinski definition) is 1. The molecule has 1 N–H and O–H groups in total. The molecule has 2 rings (SSSR count). The number of aryl methyl sites for hydroxylation is 1. The number of rotatable bonds is 5. The van der Waals surface area contributed by atoms with E-state index in [1.165, 1.54) is 6.39 Å². The van der Waals surface area contributed by atoms with E-state index in [1.807, 2.05) is 24.3 Å². The molecule has 94 valence electrons. The summed E-state index contributed by atoms with van der Waals surface area (Å²) in [4.78, 5) is 14.7. The van der Waals surface area contributed by atoms with Crippen LogP contribution in [-0.2, 0) is 11.2 Å². The van der Waals surface area contributed by atoms with Gasteiger partial charge in [-0.05, 0) is 12.1 Å². The largest absolute Gasteiger partial charge is 0.496 e. The molecule has 0 aliphatic heterocycles. The molecule has 0 spiro atoms. The van der Waals surface area contributed by atoms with Crippen LogP contribution in [0, 0.1) is 0 Å². The minimum Gasteiger partial charge on any atom is -0.496 e. The Kier molecular flexibility index (Phi) is 3.62. The van der Waals surface area contributed by atoms with Gasteiger partial charge in [-0.1, -0.05) is 12.1 Å². The Morgan fingerprint density at radius 2 is 2.22 bits per heavy atom. The fourth-order valence-corrected chi connectivity index (χ4v) is 1.73. The number of benzene rings is 1. The molecule has 5 nitrogen and oxygen atoms in total. The highest BCUT2D eigenvalue weighted by Crippen LogP contribution is 2.31. The first-order chi connectivity index (χ1) is 8.72. The minimum absolute atomic E-state index is 0.0113. The molecule has 18 heavy (non-hydrogen) atoms. The number of carboxylic acid groups (broad SMARTS) is 1. The van der Waals surface area contributed by atoms with Crippen LogP contribution in [0.15, 0.2) is 35.1 Å². The number of carbonyl (C=O) groups is 1. The quantitative estimate of drug-likeness (QED) is 0.878. The topological polar surface area (TPSA) is 72.6 Å². The van der Waals surface area contributed by atoms with Gasteiger partial charge in [-0.2, -0.15) is 0 Å². The molecule has 5 heteroatoms. The summed E-state index contributed by atoms with van der Waals surface area (Å²) in [6.45, 7) is 0. The summed E-state index contributed by atoms with van der Waals surface area (Å²) in [7, 11) is 1.58. The summed E-state index contributed by atoms with van der Waals surface area (Å²) < 4.78 is 10.5. The van der Waals surface area contributed by atoms with E-state index in [-0.39, 0.29) is 6.42 Å². The summed E-state index contributed by atoms with van der Waals surface area (Å²) in [6, 6.07) is 7.42. The third-order valence-electron chi connectivity index (χ3n) is 2.57. The van der Waals surface area contributed by atoms with Crippen molar-refractivity contribution in [2.24, 2.45) is 0 Å². The van der Waals surface area contributed by atoms with Crippen molar-refractivity contribution in [1.29, 1.82) is 0 Å². The van der Waals surface area contributed by atoms with Gasteiger partial charge in [0.25, 0.3) is 0 Å². The van der Waals surface area contributed by atoms with E-state index < -0.39 is 5.97 Å². The molecule has 0 aliphatic rings. The highest BCUT2D eigenvalue weighted by atomic mass is 16.5. The lowest BCUT2D eigenvalue weighted by molar-refractivity contribution is -0.137. The first kappa shape index (κ1) is 12.2. The van der Waals surface area contributed by atoms with Crippen molar-refractivity contribution in [3.8, 4) is 17.0 Å². The fourth-order valence-electron chi connectivity index (χ4n) is 1.73. The number of aliphatic carboxylic acids is 1. The van der Waals surface area contributed by atoms with Crippen molar-refractivity contribution < 1.29 is 19.1 Å². The molecule has 1 heterocycles. The second-order valence-corrected chi connectivity index (χ2v) is 3.72. The van der Waals surface area contributed by atoms with Gasteiger partial charge in [0.15, 0.2) is 6.39 Å². The van der Waals surface area contributed by atoms with Gasteiger partial charge in [-0.25, -0.2) is 4.98 Å². The van der Waals surface area contributed by atoms with E-state index in [0.717, 1.165) is 5.56 Å². The van der Waals surface area contributed by atoms with Crippen LogP contribution in [0.5, 0.6) is 5.75 Å². The van der Waals surface area contributed by atoms with Crippen molar-refractivity contribution in [1.82, 2.24) is 4.98 Å². The summed E-state index contributed by atoms with van der Waals surface area (Å²) in [5, 5.41) is 8.69. The normalized spacial score (nSPS) is 10.3. The third-order valence-corrected chi connectivity index (χ3v) is 2.57. The van der Waals surface area contributed by atoms with E-state index in [0.29, 0.717) is 23.6 Å². The lowest BCUT2D eigenvalue weighted by Gasteiger charge is -2.06. The van der Waals surface area contributed by atoms with E-state index in [2.05, 4.69) is 4.98 Å². The molecule has 1 aromatic carbocycles. The van der Waals surface area contributed by atoms with Gasteiger partial charge in [0.2, 0.25) is 0 Å². The zero-order valence-corrected chi connectivity index (χ0v) is 9.92. The summed E-state index contributed by atoms with van der Waals surface area (Å²) in [6.07, 6.45) is 1.64. The molecular formula is C13H13NO4. The van der Waals surface area contributed by atoms with E-state index in [9.17, 15) is 4.79 Å². The maximum atomic E-state index is 10.6. The Bertz CT molecular complexity index is 547. The van der Waals surface area contributed by atoms with Gasteiger partial charge < -0.3 is 14.3 Å². The molecule has 0 atom stereocenters. The fraction of sp³-hybridized carbons (Fsp3) is 0.231. The molecule has 0 saturated heterocycles. The number of hydrogen-bond acceptors (Lipinski definition) is 4. The summed E-state index contributed by atoms with van der Waals surface area (Å²) in [5.41, 5.74) is 1.43. The van der Waals surface area contributed by atoms with Crippen LogP contribution >= 0.6 is 0 Å². The first-order valence-corrected chi connectivity index (χ1v) is 5.50. The third kappa shape index (κ3) is 2.51. The zero-order valence-electron chi connectivity index (χ0n) is 9.92. The standard InChI is InChI=1S/C13H13NO4/c1-17-10-5-3-2-4-9(10)13-11(18-8-14-13)6-7-12(15)16/h2-5,8H,6-7H2,1H3,(H,15,16). The van der Waals surface area contributed by atoms with Crippen LogP contribution in [0.4, 0.5) is 0 Å². The Morgan fingerprint density at radius 3 is 2.94 bits per heavy atom. The van der Waals surface area contributed by atoms with Gasteiger partial charge in [0.1, 0.15) is 17.2 Å². The molecule has 0 amide bonds. The maximum absolute atomic E-state index is 10.6. The molecule has 2 aromatic rings. The average Bonchev–Trinajstić information content (AvgIpc) is 2.84. The summed E-state index contributed by atoms with van der Waals surface area (Å²) >= 11 is 0. The second kappa shape index (κ2) is 5.35. The van der Waals surface area contributed by atoms with Crippen LogP contribution in [0.3, 0.4) is 0 Å². The van der Waals surface area contributed by atoms with Crippen LogP contribution in [0.1, 0.15) is 12.2 Å². The Labute approximate surface area is 104 Å². The van der Waals surface area contributed by atoms with Gasteiger partial charge in [0, 0.05) is 12.0 Å². The van der Waals surface area contributed by atoms with E-state index in [1.54, 1.807) is 7.11 Å². The molecule has 0 fully saturated rings. The van der Waals surface area contributed by atoms with Crippen molar-refractivity contribution >= 4 is 5.97 Å². The van der Waals surface area contributed by atoms with E-state index >= 15 is 0 Å². The smallest absolute Gasteiger partial charge is 0.303 e. The molecule has 0 aliphatic carbocycles. The molecular weight excluding hydrogens is 234 g/mol. The van der Waals surface area contributed by atoms with Crippen LogP contribution in [-0.4, -0.2) is 23.2 Å². The van der Waals surface area contributed by atoms with Crippen molar-refractivity contribution in [3.05, 3.63) is 36.4 Å². The predicted octanol–water partition coefficient (Wildman–Crippen LogP) is 2.37. The van der Waals surface area contributed by atoms with Crippen LogP contribution in [0.2, 0.25) is 0 Å². The number of carboxylic acids is 1. The lowest BCUT2D eigenvalue weighted by atomic mass is 10.1. The number of aromatic nitrogens is 1. The predicted molar refractivity (Wildman–Crippen MR) is 64.4 cm³/mol. The molecule has 0 saturated carbocycles. The maximum Gasteiger partial charge on any atom is 0.303 e. The Hall–Kier alpha value is -2.30. The zero-order chi connectivity index (χ0) is 13.0. The monoisotopic (exact) mass is 247 g/mol. The second-order valence-electron chi connectivity index (χ2n) is 3.72. The van der Waals surface area contributed by atoms with Gasteiger partial charge >= 0.3 is 5.97 Å². The average molecular weight is 247 g/mol. The summed E-state index contributed by atoms with van der Waals surface area (Å²) in [5.74, 6) is 0.377. The Balaban J connectivity index is 2.33. The number of oxazole rings is 1. The lowest BCUT2D eigenvalue weighted by Crippen LogP contribution is -1.98. The number of methoxy groups -OCH3 is 1. The van der Waals surface area contributed by atoms with Crippen molar-refractivity contribution in [2.75, 3.05) is 7.11 Å².